The Balaban J connectivity index is 2.20. The summed E-state index contributed by atoms with van der Waals surface area (Å²) in [6, 6.07) is 0. The molecule has 0 radical (unpaired) electrons. The first kappa shape index (κ1) is 5.87. The van der Waals surface area contributed by atoms with E-state index in [9.17, 15) is 0 Å². The molecule has 2 rings (SSSR count). The summed E-state index contributed by atoms with van der Waals surface area (Å²) in [6.07, 6.45) is 8.02. The third-order valence-corrected chi connectivity index (χ3v) is 2.39. The molecule has 0 aromatic rings. The van der Waals surface area contributed by atoms with E-state index < -0.39 is 0 Å². The van der Waals surface area contributed by atoms with Gasteiger partial charge in [0.05, 0.1) is 11.8 Å². The summed E-state index contributed by atoms with van der Waals surface area (Å²) in [4.78, 5) is 3.25. The van der Waals surface area contributed by atoms with E-state index >= 15 is 0 Å². The van der Waals surface area contributed by atoms with Gasteiger partial charge in [0.2, 0.25) is 0 Å². The molecule has 0 spiro atoms. The second-order valence-corrected chi connectivity index (χ2v) is 3.02. The zero-order chi connectivity index (χ0) is 6.97. The largest absolute Gasteiger partial charge is 0.362 e. The predicted molar refractivity (Wildman–Crippen MR) is 38.6 cm³/mol. The highest BCUT2D eigenvalue weighted by Crippen LogP contribution is 2.40. The Hall–Kier alpha value is -0.880. The lowest BCUT2D eigenvalue weighted by molar-refractivity contribution is -0.00310. The van der Waals surface area contributed by atoms with Crippen molar-refractivity contribution in [3.8, 4) is 0 Å². The molecule has 2 unspecified atom stereocenters. The number of nitrogens with zero attached hydrogens (tertiary/aromatic N) is 2. The monoisotopic (exact) mass is 134 g/mol. The van der Waals surface area contributed by atoms with Crippen molar-refractivity contribution in [2.45, 2.75) is 19.3 Å². The molecule has 1 fully saturated rings. The summed E-state index contributed by atoms with van der Waals surface area (Å²) in [6.45, 7) is 0. The molecule has 0 bridgehead atoms. The Morgan fingerprint density at radius 1 is 1.60 bits per heavy atom. The summed E-state index contributed by atoms with van der Waals surface area (Å²) >= 11 is 0. The molecule has 0 amide bonds. The van der Waals surface area contributed by atoms with Crippen LogP contribution in [-0.2, 0) is 0 Å². The molecular weight excluding hydrogens is 124 g/mol. The van der Waals surface area contributed by atoms with E-state index in [1.165, 1.54) is 19.3 Å². The van der Waals surface area contributed by atoms with Crippen molar-refractivity contribution in [3.63, 3.8) is 0 Å². The second-order valence-electron chi connectivity index (χ2n) is 3.02. The third kappa shape index (κ3) is 0.729. The first-order valence-corrected chi connectivity index (χ1v) is 3.82. The average Bonchev–Trinajstić information content (AvgIpc) is 2.59. The molecule has 0 saturated heterocycles. The van der Waals surface area contributed by atoms with Crippen LogP contribution in [0.3, 0.4) is 0 Å². The Kier molecular flexibility index (Phi) is 1.21. The molecule has 10 heavy (non-hydrogen) atoms. The van der Waals surface area contributed by atoms with Gasteiger partial charge in [0.15, 0.2) is 0 Å². The summed E-state index contributed by atoms with van der Waals surface area (Å²) in [5, 5.41) is 0. The van der Waals surface area contributed by atoms with Gasteiger partial charge in [-0.1, -0.05) is 12.2 Å². The molecule has 1 saturated carbocycles. The van der Waals surface area contributed by atoms with Gasteiger partial charge in [0, 0.05) is 0 Å². The number of allylic oxidation sites excluding steroid dienone is 2. The molecule has 0 N–H and O–H groups in total. The molecule has 2 nitrogen and oxygen atoms in total. The van der Waals surface area contributed by atoms with Crippen LogP contribution in [0.2, 0.25) is 0 Å². The van der Waals surface area contributed by atoms with Crippen LogP contribution in [0.4, 0.5) is 0 Å². The molecular formula is C8H10N2. The van der Waals surface area contributed by atoms with Gasteiger partial charge in [-0.15, -0.1) is 0 Å². The van der Waals surface area contributed by atoms with Gasteiger partial charge in [-0.2, -0.15) is 4.79 Å². The van der Waals surface area contributed by atoms with Crippen molar-refractivity contribution < 1.29 is 4.79 Å². The van der Waals surface area contributed by atoms with E-state index in [-0.39, 0.29) is 0 Å². The quantitative estimate of drug-likeness (QED) is 0.274. The number of rotatable bonds is 0. The van der Waals surface area contributed by atoms with E-state index in [1.807, 2.05) is 0 Å². The van der Waals surface area contributed by atoms with Gasteiger partial charge in [-0.3, -0.25) is 0 Å². The van der Waals surface area contributed by atoms with E-state index in [1.54, 1.807) is 0 Å². The van der Waals surface area contributed by atoms with Gasteiger partial charge in [0.25, 0.3) is 5.71 Å². The molecule has 52 valence electrons. The summed E-state index contributed by atoms with van der Waals surface area (Å²) < 4.78 is 0. The summed E-state index contributed by atoms with van der Waals surface area (Å²) in [5.41, 5.74) is 9.48. The Morgan fingerprint density at radius 3 is 3.30 bits per heavy atom. The maximum absolute atomic E-state index is 8.48. The van der Waals surface area contributed by atoms with Crippen LogP contribution in [0, 0.1) is 11.8 Å². The Bertz CT molecular complexity index is 223. The third-order valence-electron chi connectivity index (χ3n) is 2.39. The maximum atomic E-state index is 8.48. The van der Waals surface area contributed by atoms with Gasteiger partial charge < -0.3 is 5.53 Å². The lowest BCUT2D eigenvalue weighted by Crippen LogP contribution is -1.80. The smallest absolute Gasteiger partial charge is 0.280 e. The fraction of sp³-hybridized carbons (Fsp3) is 0.625. The normalized spacial score (nSPS) is 36.2. The van der Waals surface area contributed by atoms with E-state index in [0.717, 1.165) is 5.71 Å². The minimum atomic E-state index is 0.493. The molecule has 0 heterocycles. The van der Waals surface area contributed by atoms with Gasteiger partial charge in [-0.25, -0.2) is 0 Å². The van der Waals surface area contributed by atoms with E-state index in [0.29, 0.717) is 11.8 Å². The van der Waals surface area contributed by atoms with Crippen molar-refractivity contribution in [1.82, 2.24) is 0 Å². The van der Waals surface area contributed by atoms with Crippen LogP contribution in [-0.4, -0.2) is 10.5 Å². The van der Waals surface area contributed by atoms with Crippen molar-refractivity contribution in [1.29, 1.82) is 0 Å². The van der Waals surface area contributed by atoms with E-state index in [4.69, 9.17) is 5.53 Å². The number of hydrogen-bond acceptors (Lipinski definition) is 0. The molecule has 2 heteroatoms. The van der Waals surface area contributed by atoms with Gasteiger partial charge in [0.1, 0.15) is 0 Å². The standard InChI is InChI=1S/C8H10N2/c9-10-8-6-4-2-1-3-5-7(6)8/h2,4,6-7H,1,3,5H2. The van der Waals surface area contributed by atoms with Crippen LogP contribution in [0.25, 0.3) is 5.53 Å². The molecule has 2 aliphatic rings. The van der Waals surface area contributed by atoms with Crippen LogP contribution in [0.5, 0.6) is 0 Å². The molecule has 0 aromatic heterocycles. The molecule has 2 aliphatic carbocycles. The predicted octanol–water partition coefficient (Wildman–Crippen LogP) is 1.64. The van der Waals surface area contributed by atoms with Crippen LogP contribution < -0.4 is 0 Å². The van der Waals surface area contributed by atoms with E-state index in [2.05, 4.69) is 16.9 Å². The van der Waals surface area contributed by atoms with Gasteiger partial charge >= 0.3 is 0 Å². The van der Waals surface area contributed by atoms with Crippen molar-refractivity contribution in [3.05, 3.63) is 17.7 Å². The molecule has 0 aliphatic heterocycles. The lowest BCUT2D eigenvalue weighted by atomic mass is 10.2. The fourth-order valence-corrected chi connectivity index (χ4v) is 1.72. The second kappa shape index (κ2) is 2.06. The fourth-order valence-electron chi connectivity index (χ4n) is 1.72. The summed E-state index contributed by atoms with van der Waals surface area (Å²) in [7, 11) is 0. The SMILES string of the molecule is [N-]=[N+]=C1C2C=CCCCC12. The minimum Gasteiger partial charge on any atom is -0.362 e. The van der Waals surface area contributed by atoms with Crippen molar-refractivity contribution >= 4 is 5.71 Å². The maximum Gasteiger partial charge on any atom is 0.280 e. The number of hydrogen-bond donors (Lipinski definition) is 0. The zero-order valence-corrected chi connectivity index (χ0v) is 5.83. The first-order chi connectivity index (χ1) is 4.93. The highest BCUT2D eigenvalue weighted by molar-refractivity contribution is 6.01. The minimum absolute atomic E-state index is 0.493. The highest BCUT2D eigenvalue weighted by Gasteiger charge is 2.53. The zero-order valence-electron chi connectivity index (χ0n) is 5.83. The Morgan fingerprint density at radius 2 is 2.50 bits per heavy atom. The Labute approximate surface area is 60.2 Å². The van der Waals surface area contributed by atoms with Crippen LogP contribution in [0.15, 0.2) is 12.2 Å². The number of fused-ring (bicyclic) bond motifs is 1. The average molecular weight is 134 g/mol. The van der Waals surface area contributed by atoms with Crippen LogP contribution >= 0.6 is 0 Å². The first-order valence-electron chi connectivity index (χ1n) is 3.82. The van der Waals surface area contributed by atoms with Crippen LogP contribution in [0.1, 0.15) is 19.3 Å². The molecule has 2 atom stereocenters. The summed E-state index contributed by atoms with van der Waals surface area (Å²) in [5.74, 6) is 1.08. The topological polar surface area (TPSA) is 36.4 Å². The highest BCUT2D eigenvalue weighted by atomic mass is 14.9. The molecule has 0 aromatic carbocycles. The van der Waals surface area contributed by atoms with Gasteiger partial charge in [-0.05, 0) is 19.3 Å². The lowest BCUT2D eigenvalue weighted by Gasteiger charge is -1.85. The van der Waals surface area contributed by atoms with Crippen molar-refractivity contribution in [2.75, 3.05) is 0 Å². The van der Waals surface area contributed by atoms with Crippen molar-refractivity contribution in [2.24, 2.45) is 11.8 Å².